The predicted octanol–water partition coefficient (Wildman–Crippen LogP) is 13.2. The van der Waals surface area contributed by atoms with Gasteiger partial charge in [-0.3, -0.25) is 0 Å². The van der Waals surface area contributed by atoms with E-state index in [9.17, 15) is 0 Å². The average molecular weight is 745 g/mol. The lowest BCUT2D eigenvalue weighted by Crippen LogP contribution is -2.37. The third kappa shape index (κ3) is 5.21. The van der Waals surface area contributed by atoms with Gasteiger partial charge in [-0.2, -0.15) is 0 Å². The lowest BCUT2D eigenvalue weighted by Gasteiger charge is -2.46. The van der Waals surface area contributed by atoms with Gasteiger partial charge in [-0.05, 0) is 65.6 Å². The molecule has 10 aromatic rings. The van der Waals surface area contributed by atoms with Gasteiger partial charge in [-0.25, -0.2) is 15.0 Å². The Labute approximate surface area is 336 Å². The van der Waals surface area contributed by atoms with Crippen LogP contribution in [0.1, 0.15) is 27.8 Å². The minimum Gasteiger partial charge on any atom is -0.456 e. The van der Waals surface area contributed by atoms with Crippen LogP contribution >= 0.6 is 0 Å². The molecular formula is C53H36N4O. The third-order valence-corrected chi connectivity index (χ3v) is 11.5. The van der Waals surface area contributed by atoms with Crippen molar-refractivity contribution in [3.8, 4) is 34.2 Å². The van der Waals surface area contributed by atoms with Crippen LogP contribution in [-0.2, 0) is 5.41 Å². The van der Waals surface area contributed by atoms with E-state index in [1.54, 1.807) is 0 Å². The molecule has 0 aliphatic carbocycles. The van der Waals surface area contributed by atoms with Crippen LogP contribution in [0.25, 0.3) is 56.1 Å². The van der Waals surface area contributed by atoms with Crippen LogP contribution in [-0.4, -0.2) is 15.0 Å². The van der Waals surface area contributed by atoms with Crippen molar-refractivity contribution in [2.45, 2.75) is 12.3 Å². The highest BCUT2D eigenvalue weighted by atomic mass is 16.3. The molecule has 5 heteroatoms. The Balaban J connectivity index is 1.12. The quantitative estimate of drug-likeness (QED) is 0.170. The van der Waals surface area contributed by atoms with Crippen molar-refractivity contribution in [3.63, 3.8) is 0 Å². The number of aryl methyl sites for hydroxylation is 1. The number of benzene rings is 8. The Morgan fingerprint density at radius 2 is 0.966 bits per heavy atom. The minimum atomic E-state index is -0.695. The number of aromatic nitrogens is 3. The molecule has 0 spiro atoms. The van der Waals surface area contributed by atoms with Gasteiger partial charge in [-0.15, -0.1) is 0 Å². The molecule has 0 saturated heterocycles. The van der Waals surface area contributed by atoms with Gasteiger partial charge in [0.25, 0.3) is 0 Å². The first-order valence-corrected chi connectivity index (χ1v) is 19.6. The molecule has 1 aliphatic rings. The minimum absolute atomic E-state index is 0.637. The summed E-state index contributed by atoms with van der Waals surface area (Å²) < 4.78 is 6.84. The van der Waals surface area contributed by atoms with Gasteiger partial charge in [-0.1, -0.05) is 164 Å². The Morgan fingerprint density at radius 3 is 1.60 bits per heavy atom. The monoisotopic (exact) mass is 744 g/mol. The number of fused-ring (bicyclic) bond motifs is 5. The smallest absolute Gasteiger partial charge is 0.164 e. The molecule has 0 fully saturated rings. The zero-order valence-corrected chi connectivity index (χ0v) is 31.7. The molecule has 58 heavy (non-hydrogen) atoms. The van der Waals surface area contributed by atoms with Gasteiger partial charge < -0.3 is 9.32 Å². The molecule has 5 nitrogen and oxygen atoms in total. The average Bonchev–Trinajstić information content (AvgIpc) is 3.68. The summed E-state index contributed by atoms with van der Waals surface area (Å²) in [7, 11) is 0. The Hall–Kier alpha value is -7.63. The summed E-state index contributed by atoms with van der Waals surface area (Å²) in [4.78, 5) is 17.4. The fourth-order valence-corrected chi connectivity index (χ4v) is 8.98. The summed E-state index contributed by atoms with van der Waals surface area (Å²) in [5.41, 5.74) is 12.9. The molecule has 8 aromatic carbocycles. The van der Waals surface area contributed by atoms with E-state index < -0.39 is 5.41 Å². The second-order valence-electron chi connectivity index (χ2n) is 14.8. The highest BCUT2D eigenvalue weighted by Crippen LogP contribution is 2.59. The molecule has 0 atom stereocenters. The maximum atomic E-state index is 6.84. The van der Waals surface area contributed by atoms with Crippen LogP contribution in [0.2, 0.25) is 0 Å². The molecule has 0 N–H and O–H groups in total. The number of hydrogen-bond acceptors (Lipinski definition) is 5. The van der Waals surface area contributed by atoms with E-state index in [4.69, 9.17) is 19.4 Å². The van der Waals surface area contributed by atoms with E-state index in [1.165, 1.54) is 16.7 Å². The standard InChI is InChI=1S/C53H36N4O/c1-35-34-39(32-33-40(35)52-55-50(36-18-5-2-6-19-36)54-51(56-52)37-20-7-3-8-21-37)57-46-29-14-12-26-43(46)53(38-22-9-4-10-23-38,44-27-13-15-30-47(44)57)45-28-17-25-42-41-24-11-16-31-48(41)58-49(42)45/h2-34H,1H3. The summed E-state index contributed by atoms with van der Waals surface area (Å²) >= 11 is 0. The largest absolute Gasteiger partial charge is 0.456 e. The zero-order valence-electron chi connectivity index (χ0n) is 31.7. The molecule has 0 unspecified atom stereocenters. The maximum Gasteiger partial charge on any atom is 0.164 e. The summed E-state index contributed by atoms with van der Waals surface area (Å²) in [6, 6.07) is 70.3. The van der Waals surface area contributed by atoms with Crippen molar-refractivity contribution in [1.82, 2.24) is 15.0 Å². The van der Waals surface area contributed by atoms with Gasteiger partial charge in [0, 0.05) is 38.7 Å². The molecule has 0 saturated carbocycles. The molecule has 1 aliphatic heterocycles. The Morgan fingerprint density at radius 1 is 0.448 bits per heavy atom. The lowest BCUT2D eigenvalue weighted by molar-refractivity contribution is 0.643. The first-order valence-electron chi connectivity index (χ1n) is 19.6. The van der Waals surface area contributed by atoms with E-state index >= 15 is 0 Å². The van der Waals surface area contributed by atoms with Gasteiger partial charge >= 0.3 is 0 Å². The number of anilines is 3. The lowest BCUT2D eigenvalue weighted by atomic mass is 9.62. The Kier molecular flexibility index (Phi) is 7.86. The van der Waals surface area contributed by atoms with Crippen LogP contribution in [0.15, 0.2) is 205 Å². The zero-order chi connectivity index (χ0) is 38.6. The molecule has 274 valence electrons. The van der Waals surface area contributed by atoms with E-state index in [0.29, 0.717) is 17.5 Å². The van der Waals surface area contributed by atoms with E-state index in [0.717, 1.165) is 66.8 Å². The summed E-state index contributed by atoms with van der Waals surface area (Å²) in [6.45, 7) is 2.14. The third-order valence-electron chi connectivity index (χ3n) is 11.5. The second kappa shape index (κ2) is 13.5. The van der Waals surface area contributed by atoms with Crippen LogP contribution in [0.5, 0.6) is 0 Å². The van der Waals surface area contributed by atoms with Gasteiger partial charge in [0.1, 0.15) is 11.2 Å². The normalized spacial score (nSPS) is 13.0. The second-order valence-corrected chi connectivity index (χ2v) is 14.8. The summed E-state index contributed by atoms with van der Waals surface area (Å²) in [5.74, 6) is 1.92. The maximum absolute atomic E-state index is 6.84. The molecule has 0 amide bonds. The molecular weight excluding hydrogens is 709 g/mol. The van der Waals surface area contributed by atoms with Crippen molar-refractivity contribution in [1.29, 1.82) is 0 Å². The molecule has 0 bridgehead atoms. The van der Waals surface area contributed by atoms with E-state index in [-0.39, 0.29) is 0 Å². The summed E-state index contributed by atoms with van der Waals surface area (Å²) in [5, 5.41) is 2.22. The molecule has 11 rings (SSSR count). The van der Waals surface area contributed by atoms with Crippen molar-refractivity contribution in [2.24, 2.45) is 0 Å². The fraction of sp³-hybridized carbons (Fsp3) is 0.0377. The SMILES string of the molecule is Cc1cc(N2c3ccccc3C(c3ccccc3)(c3cccc4c3oc3ccccc34)c3ccccc32)ccc1-c1nc(-c2ccccc2)nc(-c2ccccc2)n1. The molecule has 0 radical (unpaired) electrons. The van der Waals surface area contributed by atoms with Crippen molar-refractivity contribution >= 4 is 39.0 Å². The highest BCUT2D eigenvalue weighted by molar-refractivity contribution is 6.07. The van der Waals surface area contributed by atoms with Gasteiger partial charge in [0.15, 0.2) is 17.5 Å². The van der Waals surface area contributed by atoms with Crippen LogP contribution in [0.3, 0.4) is 0 Å². The van der Waals surface area contributed by atoms with E-state index in [2.05, 4.69) is 145 Å². The van der Waals surface area contributed by atoms with E-state index in [1.807, 2.05) is 66.7 Å². The first kappa shape index (κ1) is 33.7. The molecule has 3 heterocycles. The highest BCUT2D eigenvalue weighted by Gasteiger charge is 2.48. The predicted molar refractivity (Wildman–Crippen MR) is 235 cm³/mol. The van der Waals surface area contributed by atoms with Crippen molar-refractivity contribution in [2.75, 3.05) is 4.90 Å². The van der Waals surface area contributed by atoms with Crippen molar-refractivity contribution in [3.05, 3.63) is 228 Å². The fourth-order valence-electron chi connectivity index (χ4n) is 8.98. The van der Waals surface area contributed by atoms with Crippen LogP contribution in [0, 0.1) is 6.92 Å². The van der Waals surface area contributed by atoms with Crippen LogP contribution < -0.4 is 4.90 Å². The molecule has 2 aromatic heterocycles. The van der Waals surface area contributed by atoms with Gasteiger partial charge in [0.05, 0.1) is 16.8 Å². The number of nitrogens with zero attached hydrogens (tertiary/aromatic N) is 4. The Bertz CT molecular complexity index is 3030. The van der Waals surface area contributed by atoms with Gasteiger partial charge in [0.2, 0.25) is 0 Å². The topological polar surface area (TPSA) is 55.1 Å². The first-order chi connectivity index (χ1) is 28.7. The van der Waals surface area contributed by atoms with Crippen LogP contribution in [0.4, 0.5) is 17.1 Å². The summed E-state index contributed by atoms with van der Waals surface area (Å²) in [6.07, 6.45) is 0. The number of furan rings is 1. The number of hydrogen-bond donors (Lipinski definition) is 0. The van der Waals surface area contributed by atoms with Crippen molar-refractivity contribution < 1.29 is 4.42 Å². The number of para-hydroxylation sites is 4. The number of rotatable bonds is 6.